The number of aliphatic hydroxyl groups is 2. The van der Waals surface area contributed by atoms with E-state index in [0.717, 1.165) is 5.57 Å². The largest absolute Gasteiger partial charge is 0.396 e. The Kier molecular flexibility index (Phi) is 3.26. The summed E-state index contributed by atoms with van der Waals surface area (Å²) in [5.41, 5.74) is 6.91. The molecule has 8 heteroatoms. The van der Waals surface area contributed by atoms with Crippen molar-refractivity contribution in [3.05, 3.63) is 24.2 Å². The minimum Gasteiger partial charge on any atom is -0.396 e. The molecule has 4 atom stereocenters. The standard InChI is InChI=1S/C13H17N5O3/c1-6-7(3-19)10(21)2-9(6)18-5-15-11-8(4-20)16-13(14)17-12(11)18/h4-5,7-10,19,21H,1-3H2,(H3,14,16,17). The van der Waals surface area contributed by atoms with Crippen LogP contribution in [0, 0.1) is 5.92 Å². The molecule has 1 aliphatic heterocycles. The van der Waals surface area contributed by atoms with Gasteiger partial charge in [0.05, 0.1) is 25.1 Å². The first-order valence-corrected chi connectivity index (χ1v) is 6.66. The van der Waals surface area contributed by atoms with Crippen LogP contribution in [0.15, 0.2) is 23.5 Å². The second-order valence-electron chi connectivity index (χ2n) is 5.29. The molecule has 0 saturated heterocycles. The molecule has 2 heterocycles. The van der Waals surface area contributed by atoms with E-state index in [1.165, 1.54) is 0 Å². The Morgan fingerprint density at radius 2 is 2.38 bits per heavy atom. The normalized spacial score (nSPS) is 31.5. The van der Waals surface area contributed by atoms with Crippen molar-refractivity contribution in [3.8, 4) is 0 Å². The summed E-state index contributed by atoms with van der Waals surface area (Å²) in [6.07, 6.45) is 2.03. The van der Waals surface area contributed by atoms with E-state index in [4.69, 9.17) is 5.73 Å². The minimum absolute atomic E-state index is 0.143. The molecule has 112 valence electrons. The number of fused-ring (bicyclic) bond motifs is 1. The van der Waals surface area contributed by atoms with E-state index in [0.29, 0.717) is 24.2 Å². The number of aromatic nitrogens is 2. The van der Waals surface area contributed by atoms with Crippen LogP contribution in [-0.4, -0.2) is 44.7 Å². The second kappa shape index (κ2) is 4.97. The monoisotopic (exact) mass is 291 g/mol. The van der Waals surface area contributed by atoms with Gasteiger partial charge >= 0.3 is 0 Å². The van der Waals surface area contributed by atoms with Gasteiger partial charge in [-0.1, -0.05) is 6.58 Å². The second-order valence-corrected chi connectivity index (χ2v) is 5.29. The van der Waals surface area contributed by atoms with Crippen molar-refractivity contribution < 1.29 is 15.0 Å². The van der Waals surface area contributed by atoms with Crippen LogP contribution in [0.1, 0.15) is 24.2 Å². The van der Waals surface area contributed by atoms with Gasteiger partial charge in [-0.25, -0.2) is 9.98 Å². The van der Waals surface area contributed by atoms with E-state index in [2.05, 4.69) is 21.9 Å². The van der Waals surface area contributed by atoms with Crippen molar-refractivity contribution in [1.29, 1.82) is 0 Å². The summed E-state index contributed by atoms with van der Waals surface area (Å²) in [4.78, 5) is 19.3. The molecule has 1 fully saturated rings. The van der Waals surface area contributed by atoms with E-state index >= 15 is 0 Å². The Bertz CT molecular complexity index is 623. The lowest BCUT2D eigenvalue weighted by molar-refractivity contribution is -0.109. The Hall–Kier alpha value is -2.19. The molecule has 0 aromatic carbocycles. The minimum atomic E-state index is -0.726. The van der Waals surface area contributed by atoms with Crippen LogP contribution in [0.4, 0.5) is 5.82 Å². The number of aldehydes is 1. The highest BCUT2D eigenvalue weighted by atomic mass is 16.3. The van der Waals surface area contributed by atoms with E-state index in [9.17, 15) is 15.0 Å². The smallest absolute Gasteiger partial charge is 0.195 e. The fourth-order valence-corrected chi connectivity index (χ4v) is 2.99. The first-order chi connectivity index (χ1) is 10.1. The van der Waals surface area contributed by atoms with Crippen molar-refractivity contribution in [3.63, 3.8) is 0 Å². The molecule has 2 aliphatic rings. The van der Waals surface area contributed by atoms with E-state index < -0.39 is 12.1 Å². The number of hydrogen-bond acceptors (Lipinski definition) is 7. The number of carbonyl (C=O) groups excluding carboxylic acids is 1. The summed E-state index contributed by atoms with van der Waals surface area (Å²) in [6.45, 7) is 3.82. The lowest BCUT2D eigenvalue weighted by Crippen LogP contribution is -2.30. The number of nitrogens with one attached hydrogen (secondary N) is 1. The highest BCUT2D eigenvalue weighted by Crippen LogP contribution is 2.42. The van der Waals surface area contributed by atoms with Gasteiger partial charge in [0.15, 0.2) is 18.3 Å². The summed E-state index contributed by atoms with van der Waals surface area (Å²) in [7, 11) is 0. The molecule has 21 heavy (non-hydrogen) atoms. The molecular weight excluding hydrogens is 274 g/mol. The molecule has 1 aromatic heterocycles. The van der Waals surface area contributed by atoms with Gasteiger partial charge in [-0.3, -0.25) is 0 Å². The van der Waals surface area contributed by atoms with Crippen LogP contribution in [0.3, 0.4) is 0 Å². The number of nitrogens with two attached hydrogens (primary N) is 1. The summed E-state index contributed by atoms with van der Waals surface area (Å²) in [5, 5.41) is 22.2. The third-order valence-corrected chi connectivity index (χ3v) is 4.12. The van der Waals surface area contributed by atoms with Crippen molar-refractivity contribution in [1.82, 2.24) is 9.55 Å². The van der Waals surface area contributed by atoms with E-state index in [1.54, 1.807) is 10.9 Å². The third kappa shape index (κ3) is 2.03. The lowest BCUT2D eigenvalue weighted by Gasteiger charge is -2.22. The first-order valence-electron chi connectivity index (χ1n) is 6.66. The van der Waals surface area contributed by atoms with Gasteiger partial charge < -0.3 is 30.6 Å². The molecular formula is C13H17N5O3. The molecule has 4 unspecified atom stereocenters. The lowest BCUT2D eigenvalue weighted by atomic mass is 10.0. The van der Waals surface area contributed by atoms with Crippen LogP contribution in [-0.2, 0) is 4.79 Å². The zero-order chi connectivity index (χ0) is 15.1. The molecule has 3 rings (SSSR count). The van der Waals surface area contributed by atoms with Gasteiger partial charge in [-0.15, -0.1) is 0 Å². The van der Waals surface area contributed by atoms with E-state index in [1.807, 2.05) is 0 Å². The fraction of sp³-hybridized carbons (Fsp3) is 0.462. The van der Waals surface area contributed by atoms with Gasteiger partial charge in [0.25, 0.3) is 0 Å². The summed E-state index contributed by atoms with van der Waals surface area (Å²) in [6, 6.07) is -0.935. The van der Waals surface area contributed by atoms with Crippen LogP contribution < -0.4 is 11.1 Å². The number of imidazole rings is 1. The maximum atomic E-state index is 11.1. The van der Waals surface area contributed by atoms with Crippen LogP contribution in [0.2, 0.25) is 0 Å². The number of aliphatic hydroxyl groups excluding tert-OH is 2. The quantitative estimate of drug-likeness (QED) is 0.432. The number of anilines is 1. The van der Waals surface area contributed by atoms with Gasteiger partial charge in [-0.2, -0.15) is 0 Å². The number of carbonyl (C=O) groups is 1. The highest BCUT2D eigenvalue weighted by molar-refractivity contribution is 5.95. The maximum absolute atomic E-state index is 11.1. The number of hydrogen-bond donors (Lipinski definition) is 4. The van der Waals surface area contributed by atoms with Crippen molar-refractivity contribution in [2.75, 3.05) is 11.9 Å². The van der Waals surface area contributed by atoms with Crippen LogP contribution >= 0.6 is 0 Å². The molecule has 1 saturated carbocycles. The molecule has 0 bridgehead atoms. The average Bonchev–Trinajstić information content (AvgIpc) is 2.99. The van der Waals surface area contributed by atoms with Crippen molar-refractivity contribution >= 4 is 18.1 Å². The Labute approximate surface area is 121 Å². The maximum Gasteiger partial charge on any atom is 0.195 e. The number of nitrogens with zero attached hydrogens (tertiary/aromatic N) is 3. The zero-order valence-electron chi connectivity index (χ0n) is 11.3. The molecule has 0 radical (unpaired) electrons. The van der Waals surface area contributed by atoms with Gasteiger partial charge in [0.2, 0.25) is 0 Å². The van der Waals surface area contributed by atoms with Gasteiger partial charge in [-0.05, 0) is 12.0 Å². The average molecular weight is 291 g/mol. The highest BCUT2D eigenvalue weighted by Gasteiger charge is 2.39. The van der Waals surface area contributed by atoms with E-state index in [-0.39, 0.29) is 24.5 Å². The topological polar surface area (TPSA) is 126 Å². The predicted octanol–water partition coefficient (Wildman–Crippen LogP) is -0.666. The third-order valence-electron chi connectivity index (χ3n) is 4.12. The van der Waals surface area contributed by atoms with Crippen LogP contribution in [0.5, 0.6) is 0 Å². The number of aliphatic imine (C=N–C) groups is 1. The molecule has 8 nitrogen and oxygen atoms in total. The van der Waals surface area contributed by atoms with Gasteiger partial charge in [0.1, 0.15) is 11.5 Å². The first kappa shape index (κ1) is 13.8. The SMILES string of the molecule is C=C1C(CO)C(O)CC1n1cnc2c1NC(N)=NC2C=O. The molecule has 5 N–H and O–H groups in total. The molecule has 1 aliphatic carbocycles. The van der Waals surface area contributed by atoms with Gasteiger partial charge in [0, 0.05) is 5.92 Å². The van der Waals surface area contributed by atoms with Crippen molar-refractivity contribution in [2.24, 2.45) is 16.6 Å². The fourth-order valence-electron chi connectivity index (χ4n) is 2.99. The van der Waals surface area contributed by atoms with Crippen molar-refractivity contribution in [2.45, 2.75) is 24.6 Å². The zero-order valence-corrected chi connectivity index (χ0v) is 11.3. The predicted molar refractivity (Wildman–Crippen MR) is 75.7 cm³/mol. The summed E-state index contributed by atoms with van der Waals surface area (Å²) >= 11 is 0. The summed E-state index contributed by atoms with van der Waals surface area (Å²) < 4.78 is 1.79. The molecule has 1 aromatic rings. The summed E-state index contributed by atoms with van der Waals surface area (Å²) in [5.74, 6) is 0.366. The Morgan fingerprint density at radius 3 is 3.00 bits per heavy atom. The Morgan fingerprint density at radius 1 is 1.62 bits per heavy atom. The molecule has 0 spiro atoms. The van der Waals surface area contributed by atoms with Crippen LogP contribution in [0.25, 0.3) is 0 Å². The molecule has 0 amide bonds. The number of rotatable bonds is 3. The number of guanidine groups is 1. The Balaban J connectivity index is 1.98.